The lowest BCUT2D eigenvalue weighted by molar-refractivity contribution is 0.0946. The first kappa shape index (κ1) is 21.3. The van der Waals surface area contributed by atoms with Crippen molar-refractivity contribution in [3.8, 4) is 11.4 Å². The Balaban J connectivity index is 1.36. The Kier molecular flexibility index (Phi) is 5.25. The van der Waals surface area contributed by atoms with Crippen LogP contribution in [0.3, 0.4) is 0 Å². The van der Waals surface area contributed by atoms with Crippen molar-refractivity contribution in [3.63, 3.8) is 0 Å². The molecule has 4 aromatic rings. The van der Waals surface area contributed by atoms with Crippen LogP contribution in [0.5, 0.6) is 0 Å². The first-order valence-electron chi connectivity index (χ1n) is 11.3. The van der Waals surface area contributed by atoms with Crippen molar-refractivity contribution in [2.24, 2.45) is 12.8 Å². The fourth-order valence-corrected chi connectivity index (χ4v) is 4.14. The molecule has 0 saturated heterocycles. The number of amides is 1. The molecule has 4 N–H and O–H groups in total. The largest absolute Gasteiger partial charge is 0.350 e. The van der Waals surface area contributed by atoms with Crippen LogP contribution in [-0.2, 0) is 13.5 Å². The molecule has 0 spiro atoms. The molecule has 0 bridgehead atoms. The predicted molar refractivity (Wildman–Crippen MR) is 128 cm³/mol. The van der Waals surface area contributed by atoms with Crippen LogP contribution in [0.15, 0.2) is 42.6 Å². The quantitative estimate of drug-likeness (QED) is 0.405. The van der Waals surface area contributed by atoms with Crippen LogP contribution in [-0.4, -0.2) is 43.0 Å². The summed E-state index contributed by atoms with van der Waals surface area (Å²) < 4.78 is 1.84. The van der Waals surface area contributed by atoms with Crippen LogP contribution in [0, 0.1) is 0 Å². The Labute approximate surface area is 192 Å². The maximum absolute atomic E-state index is 12.4. The van der Waals surface area contributed by atoms with Gasteiger partial charge < -0.3 is 11.1 Å². The fraction of sp³-hybridized carbons (Fsp3) is 0.360. The van der Waals surface area contributed by atoms with Gasteiger partial charge in [0.1, 0.15) is 5.82 Å². The highest BCUT2D eigenvalue weighted by atomic mass is 16.1. The summed E-state index contributed by atoms with van der Waals surface area (Å²) in [4.78, 5) is 17.2. The molecule has 1 aliphatic rings. The van der Waals surface area contributed by atoms with Gasteiger partial charge in [-0.3, -0.25) is 14.6 Å². The predicted octanol–water partition coefficient (Wildman–Crippen LogP) is 3.29. The molecule has 1 aliphatic carbocycles. The van der Waals surface area contributed by atoms with Gasteiger partial charge in [0.2, 0.25) is 0 Å². The number of H-pyrrole nitrogens is 1. The van der Waals surface area contributed by atoms with E-state index < -0.39 is 5.54 Å². The second kappa shape index (κ2) is 8.12. The summed E-state index contributed by atoms with van der Waals surface area (Å²) in [6.45, 7) is 4.16. The van der Waals surface area contributed by atoms with Crippen molar-refractivity contribution in [3.05, 3.63) is 65.1 Å². The molecule has 2 aromatic carbocycles. The second-order valence-corrected chi connectivity index (χ2v) is 9.64. The molecule has 1 fully saturated rings. The van der Waals surface area contributed by atoms with Gasteiger partial charge >= 0.3 is 0 Å². The number of carbonyl (C=O) groups excluding carboxylic acids is 1. The van der Waals surface area contributed by atoms with E-state index >= 15 is 0 Å². The topological polar surface area (TPSA) is 115 Å². The van der Waals surface area contributed by atoms with Gasteiger partial charge in [0.05, 0.1) is 11.7 Å². The van der Waals surface area contributed by atoms with Crippen molar-refractivity contribution in [1.82, 2.24) is 30.3 Å². The van der Waals surface area contributed by atoms with Crippen LogP contribution < -0.4 is 11.1 Å². The zero-order valence-corrected chi connectivity index (χ0v) is 19.2. The molecule has 2 heterocycles. The van der Waals surface area contributed by atoms with Gasteiger partial charge in [-0.05, 0) is 61.9 Å². The highest BCUT2D eigenvalue weighted by molar-refractivity contribution is 5.94. The summed E-state index contributed by atoms with van der Waals surface area (Å²) in [6.07, 6.45) is 5.10. The Hall–Kier alpha value is -3.52. The molecule has 1 amide bonds. The van der Waals surface area contributed by atoms with Crippen molar-refractivity contribution in [2.75, 3.05) is 6.54 Å². The van der Waals surface area contributed by atoms with E-state index in [0.717, 1.165) is 16.9 Å². The SMILES string of the molecule is Cn1nc(-c2ccc(C(=O)NCC(C)(C)N)cc2)nc1Cc1ccc2[nH]ncc2c1C1CC1. The number of fused-ring (bicyclic) bond motifs is 1. The summed E-state index contributed by atoms with van der Waals surface area (Å²) >= 11 is 0. The van der Waals surface area contributed by atoms with E-state index in [1.54, 1.807) is 12.1 Å². The van der Waals surface area contributed by atoms with E-state index in [0.29, 0.717) is 30.3 Å². The minimum atomic E-state index is -0.453. The van der Waals surface area contributed by atoms with Gasteiger partial charge in [0.25, 0.3) is 5.91 Å². The Morgan fingerprint density at radius 2 is 1.97 bits per heavy atom. The maximum Gasteiger partial charge on any atom is 0.251 e. The Morgan fingerprint density at radius 3 is 2.67 bits per heavy atom. The molecule has 170 valence electrons. The van der Waals surface area contributed by atoms with Crippen LogP contribution in [0.25, 0.3) is 22.3 Å². The number of rotatable bonds is 7. The minimum Gasteiger partial charge on any atom is -0.350 e. The van der Waals surface area contributed by atoms with Crippen LogP contribution in [0.1, 0.15) is 59.9 Å². The standard InChI is InChI=1S/C25H29N7O/c1-25(2,26)14-27-24(33)17-8-6-16(7-9-17)23-29-21(32(3)31-23)12-18-10-11-20-19(13-28-30-20)22(18)15-4-5-15/h6-11,13,15H,4-5,12,14,26H2,1-3H3,(H,27,33)(H,28,30). The summed E-state index contributed by atoms with van der Waals surface area (Å²) in [5, 5.41) is 16.0. The van der Waals surface area contributed by atoms with E-state index in [1.807, 2.05) is 43.9 Å². The maximum atomic E-state index is 12.4. The Bertz CT molecular complexity index is 1310. The normalized spacial score (nSPS) is 14.1. The number of carbonyl (C=O) groups is 1. The number of nitrogens with one attached hydrogen (secondary N) is 2. The molecule has 2 aromatic heterocycles. The third-order valence-corrected chi connectivity index (χ3v) is 6.05. The third-order valence-electron chi connectivity index (χ3n) is 6.05. The number of hydrogen-bond donors (Lipinski definition) is 3. The fourth-order valence-electron chi connectivity index (χ4n) is 4.14. The second-order valence-electron chi connectivity index (χ2n) is 9.64. The molecule has 8 nitrogen and oxygen atoms in total. The van der Waals surface area contributed by atoms with Gasteiger partial charge in [-0.1, -0.05) is 18.2 Å². The number of aromatic nitrogens is 5. The van der Waals surface area contributed by atoms with Gasteiger partial charge in [-0.15, -0.1) is 0 Å². The van der Waals surface area contributed by atoms with Crippen molar-refractivity contribution < 1.29 is 4.79 Å². The zero-order valence-electron chi connectivity index (χ0n) is 19.2. The average Bonchev–Trinajstić information content (AvgIpc) is 3.39. The smallest absolute Gasteiger partial charge is 0.251 e. The van der Waals surface area contributed by atoms with E-state index in [4.69, 9.17) is 10.7 Å². The highest BCUT2D eigenvalue weighted by Gasteiger charge is 2.29. The molecule has 0 radical (unpaired) electrons. The molecule has 1 saturated carbocycles. The lowest BCUT2D eigenvalue weighted by Gasteiger charge is -2.18. The number of aromatic amines is 1. The van der Waals surface area contributed by atoms with Gasteiger partial charge in [0.15, 0.2) is 5.82 Å². The molecular weight excluding hydrogens is 414 g/mol. The van der Waals surface area contributed by atoms with E-state index in [9.17, 15) is 4.79 Å². The van der Waals surface area contributed by atoms with Crippen molar-refractivity contribution >= 4 is 16.8 Å². The molecule has 0 aliphatic heterocycles. The molecule has 0 unspecified atom stereocenters. The van der Waals surface area contributed by atoms with E-state index in [-0.39, 0.29) is 5.91 Å². The molecule has 33 heavy (non-hydrogen) atoms. The number of aryl methyl sites for hydroxylation is 1. The van der Waals surface area contributed by atoms with E-state index in [2.05, 4.69) is 32.7 Å². The van der Waals surface area contributed by atoms with Gasteiger partial charge in [0, 0.05) is 42.1 Å². The number of nitrogens with two attached hydrogens (primary N) is 1. The van der Waals surface area contributed by atoms with Gasteiger partial charge in [-0.25, -0.2) is 4.98 Å². The van der Waals surface area contributed by atoms with Crippen LogP contribution in [0.2, 0.25) is 0 Å². The highest BCUT2D eigenvalue weighted by Crippen LogP contribution is 2.45. The average molecular weight is 444 g/mol. The van der Waals surface area contributed by atoms with Crippen molar-refractivity contribution in [2.45, 2.75) is 44.6 Å². The molecule has 0 atom stereocenters. The summed E-state index contributed by atoms with van der Waals surface area (Å²) in [7, 11) is 1.93. The first-order chi connectivity index (χ1) is 15.8. The minimum absolute atomic E-state index is 0.142. The lowest BCUT2D eigenvalue weighted by Crippen LogP contribution is -2.45. The third kappa shape index (κ3) is 4.52. The van der Waals surface area contributed by atoms with Crippen LogP contribution in [0.4, 0.5) is 0 Å². The monoisotopic (exact) mass is 443 g/mol. The molecular formula is C25H29N7O. The molecule has 5 rings (SSSR count). The summed E-state index contributed by atoms with van der Waals surface area (Å²) in [5.41, 5.74) is 10.7. The number of nitrogens with zero attached hydrogens (tertiary/aromatic N) is 4. The van der Waals surface area contributed by atoms with Gasteiger partial charge in [-0.2, -0.15) is 10.2 Å². The summed E-state index contributed by atoms with van der Waals surface area (Å²) in [5.74, 6) is 2.02. The van der Waals surface area contributed by atoms with E-state index in [1.165, 1.54) is 29.4 Å². The first-order valence-corrected chi connectivity index (χ1v) is 11.3. The van der Waals surface area contributed by atoms with Crippen molar-refractivity contribution in [1.29, 1.82) is 0 Å². The zero-order chi connectivity index (χ0) is 23.2. The van der Waals surface area contributed by atoms with Crippen LogP contribution >= 0.6 is 0 Å². The number of benzene rings is 2. The molecule has 8 heteroatoms. The lowest BCUT2D eigenvalue weighted by atomic mass is 9.97. The number of hydrogen-bond acceptors (Lipinski definition) is 5. The Morgan fingerprint density at radius 1 is 1.21 bits per heavy atom. The summed E-state index contributed by atoms with van der Waals surface area (Å²) in [6, 6.07) is 11.6.